The smallest absolute Gasteiger partial charge is 0.261 e. The molecule has 0 saturated carbocycles. The molecular weight excluding hydrogens is 290 g/mol. The van der Waals surface area contributed by atoms with Crippen LogP contribution in [0.15, 0.2) is 53.4 Å². The Bertz CT molecular complexity index is 755. The minimum Gasteiger partial charge on any atom is -0.497 e. The normalized spacial score (nSPS) is 10.9. The summed E-state index contributed by atoms with van der Waals surface area (Å²) in [5.74, 6) is 0.446. The van der Waals surface area contributed by atoms with E-state index in [2.05, 4.69) is 4.72 Å². The number of rotatable bonds is 5. The van der Waals surface area contributed by atoms with Crippen LogP contribution in [-0.4, -0.2) is 21.4 Å². The Morgan fingerprint density at radius 3 is 2.43 bits per heavy atom. The molecular formula is C14H15N3O3S. The molecule has 6 nitrogen and oxygen atoms in total. The number of sulfonamides is 1. The molecule has 0 fully saturated rings. The van der Waals surface area contributed by atoms with E-state index in [-0.39, 0.29) is 10.7 Å². The summed E-state index contributed by atoms with van der Waals surface area (Å²) in [6, 6.07) is 12.4. The molecule has 110 valence electrons. The standard InChI is InChI=1S/C14H15N3O3S/c1-20-12-4-2-3-11(9-12)17-21(18,19)13-7-5-10(6-8-13)14(15)16/h2-9,17H,1H3,(H3,15,16). The van der Waals surface area contributed by atoms with Crippen LogP contribution in [0.5, 0.6) is 5.75 Å². The van der Waals surface area contributed by atoms with E-state index in [1.807, 2.05) is 0 Å². The average Bonchev–Trinajstić information content (AvgIpc) is 2.47. The summed E-state index contributed by atoms with van der Waals surface area (Å²) in [5.41, 5.74) is 6.21. The van der Waals surface area contributed by atoms with Crippen LogP contribution in [0.3, 0.4) is 0 Å². The topological polar surface area (TPSA) is 105 Å². The van der Waals surface area contributed by atoms with Crippen molar-refractivity contribution in [3.8, 4) is 5.75 Å². The molecule has 2 aromatic carbocycles. The molecule has 0 aliphatic heterocycles. The Balaban J connectivity index is 2.27. The van der Waals surface area contributed by atoms with Gasteiger partial charge >= 0.3 is 0 Å². The first-order valence-electron chi connectivity index (χ1n) is 6.04. The first-order chi connectivity index (χ1) is 9.92. The van der Waals surface area contributed by atoms with E-state index in [9.17, 15) is 8.42 Å². The summed E-state index contributed by atoms with van der Waals surface area (Å²) in [5, 5.41) is 7.28. The van der Waals surface area contributed by atoms with E-state index in [1.165, 1.54) is 31.4 Å². The van der Waals surface area contributed by atoms with E-state index in [0.29, 0.717) is 17.0 Å². The highest BCUT2D eigenvalue weighted by atomic mass is 32.2. The van der Waals surface area contributed by atoms with Crippen LogP contribution in [-0.2, 0) is 10.0 Å². The van der Waals surface area contributed by atoms with E-state index in [4.69, 9.17) is 15.9 Å². The molecule has 2 aromatic rings. The fourth-order valence-electron chi connectivity index (χ4n) is 1.71. The van der Waals surface area contributed by atoms with Gasteiger partial charge in [-0.3, -0.25) is 10.1 Å². The maximum atomic E-state index is 12.2. The molecule has 0 saturated heterocycles. The maximum Gasteiger partial charge on any atom is 0.261 e. The molecule has 0 atom stereocenters. The molecule has 0 bridgehead atoms. The first-order valence-corrected chi connectivity index (χ1v) is 7.52. The summed E-state index contributed by atoms with van der Waals surface area (Å²) < 4.78 is 32.0. The van der Waals surface area contributed by atoms with Gasteiger partial charge in [0.05, 0.1) is 17.7 Å². The minimum absolute atomic E-state index is 0.0929. The monoisotopic (exact) mass is 305 g/mol. The molecule has 2 rings (SSSR count). The second-order valence-electron chi connectivity index (χ2n) is 4.28. The summed E-state index contributed by atoms with van der Waals surface area (Å²) in [6.45, 7) is 0. The zero-order valence-electron chi connectivity index (χ0n) is 11.3. The minimum atomic E-state index is -3.70. The van der Waals surface area contributed by atoms with Crippen molar-refractivity contribution in [3.05, 3.63) is 54.1 Å². The molecule has 0 unspecified atom stereocenters. The van der Waals surface area contributed by atoms with E-state index < -0.39 is 10.0 Å². The van der Waals surface area contributed by atoms with Crippen LogP contribution >= 0.6 is 0 Å². The molecule has 7 heteroatoms. The van der Waals surface area contributed by atoms with Gasteiger partial charge in [-0.1, -0.05) is 6.07 Å². The highest BCUT2D eigenvalue weighted by Gasteiger charge is 2.14. The lowest BCUT2D eigenvalue weighted by Gasteiger charge is -2.09. The van der Waals surface area contributed by atoms with Crippen molar-refractivity contribution < 1.29 is 13.2 Å². The highest BCUT2D eigenvalue weighted by molar-refractivity contribution is 7.92. The van der Waals surface area contributed by atoms with E-state index in [0.717, 1.165) is 0 Å². The Labute approximate surface area is 123 Å². The van der Waals surface area contributed by atoms with E-state index >= 15 is 0 Å². The second kappa shape index (κ2) is 5.84. The van der Waals surface area contributed by atoms with Gasteiger partial charge in [-0.15, -0.1) is 0 Å². The van der Waals surface area contributed by atoms with Crippen molar-refractivity contribution in [3.63, 3.8) is 0 Å². The fraction of sp³-hybridized carbons (Fsp3) is 0.0714. The number of ether oxygens (including phenoxy) is 1. The van der Waals surface area contributed by atoms with Crippen molar-refractivity contribution in [1.82, 2.24) is 0 Å². The van der Waals surface area contributed by atoms with Gasteiger partial charge < -0.3 is 10.5 Å². The van der Waals surface area contributed by atoms with Gasteiger partial charge in [0.1, 0.15) is 11.6 Å². The zero-order valence-corrected chi connectivity index (χ0v) is 12.1. The number of nitrogens with two attached hydrogens (primary N) is 1. The number of hydrogen-bond acceptors (Lipinski definition) is 4. The van der Waals surface area contributed by atoms with Crippen LogP contribution in [0.1, 0.15) is 5.56 Å². The second-order valence-corrected chi connectivity index (χ2v) is 5.96. The quantitative estimate of drug-likeness (QED) is 0.578. The van der Waals surface area contributed by atoms with Crippen molar-refractivity contribution in [2.75, 3.05) is 11.8 Å². The lowest BCUT2D eigenvalue weighted by atomic mass is 10.2. The van der Waals surface area contributed by atoms with Crippen molar-refractivity contribution in [1.29, 1.82) is 5.41 Å². The fourth-order valence-corrected chi connectivity index (χ4v) is 2.76. The Hall–Kier alpha value is -2.54. The van der Waals surface area contributed by atoms with Gasteiger partial charge in [0.25, 0.3) is 10.0 Å². The average molecular weight is 305 g/mol. The number of methoxy groups -OCH3 is 1. The molecule has 0 heterocycles. The van der Waals surface area contributed by atoms with Crippen LogP contribution in [0.4, 0.5) is 5.69 Å². The predicted molar refractivity (Wildman–Crippen MR) is 81.3 cm³/mol. The van der Waals surface area contributed by atoms with Gasteiger partial charge in [-0.2, -0.15) is 0 Å². The number of amidine groups is 1. The molecule has 0 spiro atoms. The van der Waals surface area contributed by atoms with Crippen molar-refractivity contribution >= 4 is 21.5 Å². The number of nitrogen functional groups attached to an aromatic ring is 1. The molecule has 21 heavy (non-hydrogen) atoms. The molecule has 0 amide bonds. The van der Waals surface area contributed by atoms with Crippen molar-refractivity contribution in [2.45, 2.75) is 4.90 Å². The van der Waals surface area contributed by atoms with Crippen LogP contribution in [0, 0.1) is 5.41 Å². The number of nitrogens with one attached hydrogen (secondary N) is 2. The molecule has 0 aliphatic carbocycles. The largest absolute Gasteiger partial charge is 0.497 e. The van der Waals surface area contributed by atoms with Gasteiger partial charge in [0, 0.05) is 11.6 Å². The number of benzene rings is 2. The summed E-state index contributed by atoms with van der Waals surface area (Å²) in [4.78, 5) is 0.0929. The SMILES string of the molecule is COc1cccc(NS(=O)(=O)c2ccc(C(=N)N)cc2)c1. The third kappa shape index (κ3) is 3.51. The lowest BCUT2D eigenvalue weighted by Crippen LogP contribution is -2.14. The van der Waals surface area contributed by atoms with Crippen LogP contribution in [0.25, 0.3) is 0 Å². The summed E-state index contributed by atoms with van der Waals surface area (Å²) in [6.07, 6.45) is 0. The third-order valence-electron chi connectivity index (χ3n) is 2.80. The Morgan fingerprint density at radius 2 is 1.86 bits per heavy atom. The molecule has 0 aromatic heterocycles. The van der Waals surface area contributed by atoms with Crippen LogP contribution in [0.2, 0.25) is 0 Å². The number of hydrogen-bond donors (Lipinski definition) is 3. The van der Waals surface area contributed by atoms with Gasteiger partial charge in [0.15, 0.2) is 0 Å². The zero-order chi connectivity index (χ0) is 15.5. The Kier molecular flexibility index (Phi) is 4.13. The highest BCUT2D eigenvalue weighted by Crippen LogP contribution is 2.20. The lowest BCUT2D eigenvalue weighted by molar-refractivity contribution is 0.415. The van der Waals surface area contributed by atoms with E-state index in [1.54, 1.807) is 24.3 Å². The summed E-state index contributed by atoms with van der Waals surface area (Å²) in [7, 11) is -2.19. The van der Waals surface area contributed by atoms with Gasteiger partial charge in [-0.25, -0.2) is 8.42 Å². The molecule has 0 aliphatic rings. The van der Waals surface area contributed by atoms with Gasteiger partial charge in [0.2, 0.25) is 0 Å². The van der Waals surface area contributed by atoms with Crippen molar-refractivity contribution in [2.24, 2.45) is 5.73 Å². The van der Waals surface area contributed by atoms with Crippen LogP contribution < -0.4 is 15.2 Å². The van der Waals surface area contributed by atoms with Gasteiger partial charge in [-0.05, 0) is 36.4 Å². The third-order valence-corrected chi connectivity index (χ3v) is 4.19. The first kappa shape index (κ1) is 14.9. The summed E-state index contributed by atoms with van der Waals surface area (Å²) >= 11 is 0. The number of anilines is 1. The molecule has 0 radical (unpaired) electrons. The maximum absolute atomic E-state index is 12.2. The predicted octanol–water partition coefficient (Wildman–Crippen LogP) is 1.78. The molecule has 4 N–H and O–H groups in total. The Morgan fingerprint density at radius 1 is 1.19 bits per heavy atom.